The Kier molecular flexibility index (Phi) is 4.43. The summed E-state index contributed by atoms with van der Waals surface area (Å²) in [5, 5.41) is 0. The van der Waals surface area contributed by atoms with Crippen LogP contribution in [0.5, 0.6) is 0 Å². The second-order valence-corrected chi connectivity index (χ2v) is 9.91. The molecule has 6 heteroatoms. The normalized spacial score (nSPS) is 47.0. The number of carbonyl (C=O) groups is 2. The molecule has 0 aromatic rings. The van der Waals surface area contributed by atoms with Gasteiger partial charge in [0.05, 0.1) is 0 Å². The molecule has 0 saturated heterocycles. The molecule has 3 nitrogen and oxygen atoms in total. The largest absolute Gasteiger partial charge is 0.490 e. The predicted octanol–water partition coefficient (Wildman–Crippen LogP) is 5.07. The van der Waals surface area contributed by atoms with Crippen molar-refractivity contribution in [3.05, 3.63) is 0 Å². The number of hydrogen-bond acceptors (Lipinski definition) is 3. The summed E-state index contributed by atoms with van der Waals surface area (Å²) in [6.07, 6.45) is 2.02. The maximum absolute atomic E-state index is 12.7. The van der Waals surface area contributed by atoms with Crippen LogP contribution >= 0.6 is 0 Å². The molecule has 0 heterocycles. The van der Waals surface area contributed by atoms with Gasteiger partial charge in [-0.1, -0.05) is 13.8 Å². The third kappa shape index (κ3) is 2.93. The van der Waals surface area contributed by atoms with Crippen LogP contribution in [0.25, 0.3) is 0 Å². The van der Waals surface area contributed by atoms with E-state index < -0.39 is 18.2 Å². The van der Waals surface area contributed by atoms with Crippen molar-refractivity contribution in [2.45, 2.75) is 83.9 Å². The van der Waals surface area contributed by atoms with E-state index in [9.17, 15) is 22.8 Å². The van der Waals surface area contributed by atoms with E-state index in [0.29, 0.717) is 48.7 Å². The van der Waals surface area contributed by atoms with Gasteiger partial charge in [-0.25, -0.2) is 4.79 Å². The van der Waals surface area contributed by atoms with E-state index in [4.69, 9.17) is 4.74 Å². The Hall–Kier alpha value is -1.07. The lowest BCUT2D eigenvalue weighted by Gasteiger charge is -2.60. The molecule has 0 N–H and O–H groups in total. The Morgan fingerprint density at radius 3 is 2.41 bits per heavy atom. The molecule has 0 aromatic carbocycles. The molecular formula is C21H29F3O3. The van der Waals surface area contributed by atoms with Crippen LogP contribution in [0, 0.1) is 34.5 Å². The van der Waals surface area contributed by atoms with Crippen molar-refractivity contribution in [2.75, 3.05) is 0 Å². The molecule has 0 aliphatic heterocycles. The van der Waals surface area contributed by atoms with E-state index in [1.165, 1.54) is 0 Å². The SMILES string of the molecule is C[C@]12CCC(=O)CC1CC[C@@H]1[C@H]2CC[C@]2(C)C(OC(=O)C(F)(F)F)CC[C@@H]12. The van der Waals surface area contributed by atoms with Crippen LogP contribution in [0.15, 0.2) is 0 Å². The van der Waals surface area contributed by atoms with Gasteiger partial charge in [-0.3, -0.25) is 4.79 Å². The van der Waals surface area contributed by atoms with Gasteiger partial charge in [0.15, 0.2) is 0 Å². The summed E-state index contributed by atoms with van der Waals surface area (Å²) in [5.41, 5.74) is -0.172. The average Bonchev–Trinajstić information content (AvgIpc) is 2.91. The van der Waals surface area contributed by atoms with Crippen molar-refractivity contribution >= 4 is 11.8 Å². The molecule has 4 aliphatic carbocycles. The van der Waals surface area contributed by atoms with Crippen molar-refractivity contribution in [3.8, 4) is 0 Å². The Balaban J connectivity index is 1.54. The highest BCUT2D eigenvalue weighted by Crippen LogP contribution is 2.66. The standard InChI is InChI=1S/C21H29F3O3/c1-19-9-7-13(25)11-12(19)3-4-14-15-5-6-17(27-18(26)21(22,23)24)20(15,2)10-8-16(14)19/h12,14-17H,3-11H2,1-2H3/t12?,14-,15-,16+,17?,19-,20-/m0/s1. The van der Waals surface area contributed by atoms with Gasteiger partial charge in [0, 0.05) is 18.3 Å². The highest BCUT2D eigenvalue weighted by molar-refractivity contribution is 5.79. The first-order valence-electron chi connectivity index (χ1n) is 10.4. The number of ketones is 1. The van der Waals surface area contributed by atoms with Crippen LogP contribution in [0.3, 0.4) is 0 Å². The van der Waals surface area contributed by atoms with Crippen molar-refractivity contribution in [3.63, 3.8) is 0 Å². The minimum atomic E-state index is -4.92. The van der Waals surface area contributed by atoms with E-state index >= 15 is 0 Å². The Morgan fingerprint density at radius 1 is 1.00 bits per heavy atom. The highest BCUT2D eigenvalue weighted by atomic mass is 19.4. The molecule has 0 amide bonds. The maximum Gasteiger partial charge on any atom is 0.490 e. The van der Waals surface area contributed by atoms with E-state index in [0.717, 1.165) is 38.5 Å². The van der Waals surface area contributed by atoms with Crippen molar-refractivity contribution in [2.24, 2.45) is 34.5 Å². The summed E-state index contributed by atoms with van der Waals surface area (Å²) in [4.78, 5) is 23.4. The molecule has 4 rings (SSSR count). The molecule has 2 unspecified atom stereocenters. The van der Waals surface area contributed by atoms with Crippen molar-refractivity contribution in [1.82, 2.24) is 0 Å². The lowest BCUT2D eigenvalue weighted by atomic mass is 9.45. The van der Waals surface area contributed by atoms with E-state index in [-0.39, 0.29) is 10.8 Å². The highest BCUT2D eigenvalue weighted by Gasteiger charge is 2.61. The molecule has 152 valence electrons. The van der Waals surface area contributed by atoms with Crippen LogP contribution in [-0.4, -0.2) is 24.0 Å². The molecule has 4 fully saturated rings. The first kappa shape index (κ1) is 19.3. The summed E-state index contributed by atoms with van der Waals surface area (Å²) in [6.45, 7) is 4.38. The second-order valence-electron chi connectivity index (χ2n) is 9.91. The number of esters is 1. The fraction of sp³-hybridized carbons (Fsp3) is 0.905. The number of fused-ring (bicyclic) bond motifs is 5. The van der Waals surface area contributed by atoms with Gasteiger partial charge >= 0.3 is 12.1 Å². The number of ether oxygens (including phenoxy) is 1. The fourth-order valence-electron chi connectivity index (χ4n) is 7.39. The summed E-state index contributed by atoms with van der Waals surface area (Å²) in [6, 6.07) is 0. The molecule has 0 spiro atoms. The minimum Gasteiger partial charge on any atom is -0.455 e. The predicted molar refractivity (Wildman–Crippen MR) is 92.7 cm³/mol. The Bertz CT molecular complexity index is 645. The number of Topliss-reactive ketones (excluding diaryl/α,β-unsaturated/α-hetero) is 1. The molecule has 4 aliphatic rings. The molecule has 0 radical (unpaired) electrons. The summed E-state index contributed by atoms with van der Waals surface area (Å²) >= 11 is 0. The number of alkyl halides is 3. The van der Waals surface area contributed by atoms with E-state index in [2.05, 4.69) is 6.92 Å². The van der Waals surface area contributed by atoms with Gasteiger partial charge in [-0.2, -0.15) is 13.2 Å². The van der Waals surface area contributed by atoms with Gasteiger partial charge in [-0.05, 0) is 74.0 Å². The van der Waals surface area contributed by atoms with Gasteiger partial charge in [0.25, 0.3) is 0 Å². The van der Waals surface area contributed by atoms with Gasteiger partial charge in [0.1, 0.15) is 11.9 Å². The molecule has 4 saturated carbocycles. The summed E-state index contributed by atoms with van der Waals surface area (Å²) in [7, 11) is 0. The first-order valence-corrected chi connectivity index (χ1v) is 10.4. The molecule has 0 bridgehead atoms. The van der Waals surface area contributed by atoms with Gasteiger partial charge in [0.2, 0.25) is 0 Å². The summed E-state index contributed by atoms with van der Waals surface area (Å²) < 4.78 is 43.0. The lowest BCUT2D eigenvalue weighted by Crippen LogP contribution is -2.54. The first-order chi connectivity index (χ1) is 12.6. The molecule has 27 heavy (non-hydrogen) atoms. The zero-order valence-electron chi connectivity index (χ0n) is 16.1. The van der Waals surface area contributed by atoms with Crippen molar-refractivity contribution in [1.29, 1.82) is 0 Å². The van der Waals surface area contributed by atoms with Crippen molar-refractivity contribution < 1.29 is 27.5 Å². The number of carbonyl (C=O) groups excluding carboxylic acids is 2. The van der Waals surface area contributed by atoms with Gasteiger partial charge < -0.3 is 4.74 Å². The molecular weight excluding hydrogens is 357 g/mol. The van der Waals surface area contributed by atoms with Crippen LogP contribution in [0.1, 0.15) is 71.6 Å². The van der Waals surface area contributed by atoms with Gasteiger partial charge in [-0.15, -0.1) is 0 Å². The topological polar surface area (TPSA) is 43.4 Å². The number of rotatable bonds is 1. The smallest absolute Gasteiger partial charge is 0.455 e. The van der Waals surface area contributed by atoms with Crippen LogP contribution < -0.4 is 0 Å². The minimum absolute atomic E-state index is 0.179. The third-order valence-electron chi connectivity index (χ3n) is 8.88. The second kappa shape index (κ2) is 6.21. The zero-order chi connectivity index (χ0) is 19.6. The maximum atomic E-state index is 12.7. The van der Waals surface area contributed by atoms with Crippen LogP contribution in [0.2, 0.25) is 0 Å². The molecule has 0 aromatic heterocycles. The average molecular weight is 386 g/mol. The number of hydrogen-bond donors (Lipinski definition) is 0. The zero-order valence-corrected chi connectivity index (χ0v) is 16.1. The van der Waals surface area contributed by atoms with Crippen LogP contribution in [0.4, 0.5) is 13.2 Å². The summed E-state index contributed by atoms with van der Waals surface area (Å²) in [5.74, 6) is 0.143. The quantitative estimate of drug-likeness (QED) is 0.591. The number of halogens is 3. The lowest BCUT2D eigenvalue weighted by molar-refractivity contribution is -0.212. The Morgan fingerprint density at radius 2 is 1.70 bits per heavy atom. The van der Waals surface area contributed by atoms with E-state index in [1.54, 1.807) is 0 Å². The fourth-order valence-corrected chi connectivity index (χ4v) is 7.39. The van der Waals surface area contributed by atoms with E-state index in [1.807, 2.05) is 6.92 Å². The Labute approximate surface area is 158 Å². The monoisotopic (exact) mass is 386 g/mol. The van der Waals surface area contributed by atoms with Crippen LogP contribution in [-0.2, 0) is 14.3 Å². The third-order valence-corrected chi connectivity index (χ3v) is 8.88. The molecule has 7 atom stereocenters.